The van der Waals surface area contributed by atoms with Crippen LogP contribution in [0, 0.1) is 0 Å². The summed E-state index contributed by atoms with van der Waals surface area (Å²) < 4.78 is 1.85. The van der Waals surface area contributed by atoms with Crippen LogP contribution in [0.2, 0.25) is 0 Å². The standard InChI is InChI=1S/C28H25N3O4/c1-2-28(16-15-24(32)30-27(28)35)18-11-13-19(14-12-18)29-25(33)17-31-22-9-5-3-7-20(22)26(34)21-8-4-6-10-23(21)31/h3-14H,2,15-17H2,1H3,(H,29,33)(H,30,32,35). The van der Waals surface area contributed by atoms with E-state index in [2.05, 4.69) is 10.6 Å². The van der Waals surface area contributed by atoms with Gasteiger partial charge in [0.15, 0.2) is 5.43 Å². The normalized spacial score (nSPS) is 18.0. The third-order valence-electron chi connectivity index (χ3n) is 6.97. The lowest BCUT2D eigenvalue weighted by Crippen LogP contribution is -2.51. The van der Waals surface area contributed by atoms with E-state index in [1.165, 1.54) is 0 Å². The number of hydrogen-bond acceptors (Lipinski definition) is 4. The molecule has 1 saturated heterocycles. The summed E-state index contributed by atoms with van der Waals surface area (Å²) in [5, 5.41) is 6.51. The number of fused-ring (bicyclic) bond motifs is 2. The Hall–Kier alpha value is -4.26. The summed E-state index contributed by atoms with van der Waals surface area (Å²) in [5.41, 5.74) is 2.02. The first kappa shape index (κ1) is 22.5. The molecule has 2 N–H and O–H groups in total. The Bertz CT molecular complexity index is 1480. The van der Waals surface area contributed by atoms with Gasteiger partial charge in [-0.1, -0.05) is 43.3 Å². The number of nitrogens with one attached hydrogen (secondary N) is 2. The Balaban J connectivity index is 1.42. The SMILES string of the molecule is CCC1(c2ccc(NC(=O)Cn3c4ccccc4c(=O)c4ccccc43)cc2)CCC(=O)NC1=O. The van der Waals surface area contributed by atoms with Crippen molar-refractivity contribution in [3.8, 4) is 0 Å². The van der Waals surface area contributed by atoms with E-state index < -0.39 is 5.41 Å². The van der Waals surface area contributed by atoms with Crippen LogP contribution in [-0.4, -0.2) is 22.3 Å². The maximum Gasteiger partial charge on any atom is 0.244 e. The zero-order valence-corrected chi connectivity index (χ0v) is 19.3. The van der Waals surface area contributed by atoms with Gasteiger partial charge in [-0.3, -0.25) is 24.5 Å². The van der Waals surface area contributed by atoms with Crippen LogP contribution in [0.4, 0.5) is 5.69 Å². The van der Waals surface area contributed by atoms with Gasteiger partial charge in [-0.05, 0) is 54.8 Å². The second-order valence-electron chi connectivity index (χ2n) is 8.89. The van der Waals surface area contributed by atoms with Crippen LogP contribution < -0.4 is 16.1 Å². The summed E-state index contributed by atoms with van der Waals surface area (Å²) in [6.45, 7) is 1.97. The van der Waals surface area contributed by atoms with Crippen molar-refractivity contribution in [2.24, 2.45) is 0 Å². The summed E-state index contributed by atoms with van der Waals surface area (Å²) in [4.78, 5) is 50.2. The number of anilines is 1. The molecule has 0 spiro atoms. The number of aromatic nitrogens is 1. The molecule has 5 rings (SSSR count). The smallest absolute Gasteiger partial charge is 0.244 e. The summed E-state index contributed by atoms with van der Waals surface area (Å²) in [6, 6.07) is 21.8. The molecule has 1 aliphatic rings. The van der Waals surface area contributed by atoms with Gasteiger partial charge in [0.1, 0.15) is 6.54 Å². The van der Waals surface area contributed by atoms with Crippen LogP contribution in [-0.2, 0) is 26.3 Å². The Morgan fingerprint density at radius 1 is 0.914 bits per heavy atom. The van der Waals surface area contributed by atoms with E-state index in [1.54, 1.807) is 24.3 Å². The molecule has 1 fully saturated rings. The van der Waals surface area contributed by atoms with Crippen molar-refractivity contribution < 1.29 is 14.4 Å². The van der Waals surface area contributed by atoms with E-state index in [-0.39, 0.29) is 29.7 Å². The Labute approximate surface area is 201 Å². The molecule has 0 bridgehead atoms. The van der Waals surface area contributed by atoms with Gasteiger partial charge >= 0.3 is 0 Å². The molecule has 2 heterocycles. The van der Waals surface area contributed by atoms with Crippen molar-refractivity contribution in [1.29, 1.82) is 0 Å². The predicted octanol–water partition coefficient (Wildman–Crippen LogP) is 3.88. The summed E-state index contributed by atoms with van der Waals surface area (Å²) >= 11 is 0. The highest BCUT2D eigenvalue weighted by Crippen LogP contribution is 2.36. The third kappa shape index (κ3) is 3.89. The minimum absolute atomic E-state index is 0.0342. The van der Waals surface area contributed by atoms with E-state index in [1.807, 2.05) is 60.0 Å². The fraction of sp³-hybridized carbons (Fsp3) is 0.214. The lowest BCUT2D eigenvalue weighted by molar-refractivity contribution is -0.138. The van der Waals surface area contributed by atoms with Crippen LogP contribution in [0.1, 0.15) is 31.7 Å². The molecule has 7 heteroatoms. The molecule has 1 aliphatic heterocycles. The molecular weight excluding hydrogens is 442 g/mol. The van der Waals surface area contributed by atoms with Crippen LogP contribution in [0.3, 0.4) is 0 Å². The Kier molecular flexibility index (Phi) is 5.68. The van der Waals surface area contributed by atoms with Crippen molar-refractivity contribution in [3.05, 3.63) is 88.6 Å². The average Bonchev–Trinajstić information content (AvgIpc) is 2.87. The topological polar surface area (TPSA) is 97.3 Å². The first-order valence-corrected chi connectivity index (χ1v) is 11.7. The maximum atomic E-state index is 13.0. The van der Waals surface area contributed by atoms with Crippen molar-refractivity contribution >= 4 is 45.2 Å². The van der Waals surface area contributed by atoms with Gasteiger partial charge in [-0.2, -0.15) is 0 Å². The number of nitrogens with zero attached hydrogens (tertiary/aromatic N) is 1. The maximum absolute atomic E-state index is 13.0. The molecular formula is C28H25N3O4. The molecule has 7 nitrogen and oxygen atoms in total. The monoisotopic (exact) mass is 467 g/mol. The Morgan fingerprint density at radius 3 is 2.09 bits per heavy atom. The molecule has 3 amide bonds. The highest BCUT2D eigenvalue weighted by Gasteiger charge is 2.42. The van der Waals surface area contributed by atoms with Gasteiger partial charge in [0, 0.05) is 22.9 Å². The number of para-hydroxylation sites is 2. The molecule has 0 radical (unpaired) electrons. The van der Waals surface area contributed by atoms with Gasteiger partial charge in [-0.15, -0.1) is 0 Å². The second kappa shape index (κ2) is 8.83. The Morgan fingerprint density at radius 2 is 1.51 bits per heavy atom. The third-order valence-corrected chi connectivity index (χ3v) is 6.97. The summed E-state index contributed by atoms with van der Waals surface area (Å²) in [7, 11) is 0. The zero-order valence-electron chi connectivity index (χ0n) is 19.3. The van der Waals surface area contributed by atoms with E-state index >= 15 is 0 Å². The number of piperidine rings is 1. The molecule has 0 aliphatic carbocycles. The quantitative estimate of drug-likeness (QED) is 0.344. The van der Waals surface area contributed by atoms with Crippen molar-refractivity contribution in [3.63, 3.8) is 0 Å². The van der Waals surface area contributed by atoms with Gasteiger partial charge in [0.2, 0.25) is 17.7 Å². The lowest BCUT2D eigenvalue weighted by Gasteiger charge is -2.35. The molecule has 1 aromatic heterocycles. The number of benzene rings is 3. The molecule has 1 atom stereocenters. The second-order valence-corrected chi connectivity index (χ2v) is 8.89. The number of pyridine rings is 1. The molecule has 1 unspecified atom stereocenters. The van der Waals surface area contributed by atoms with E-state index in [0.29, 0.717) is 46.8 Å². The first-order chi connectivity index (χ1) is 16.9. The number of amides is 3. The van der Waals surface area contributed by atoms with Gasteiger partial charge in [0.25, 0.3) is 0 Å². The number of hydrogen-bond donors (Lipinski definition) is 2. The van der Waals surface area contributed by atoms with Crippen molar-refractivity contribution in [1.82, 2.24) is 9.88 Å². The largest absolute Gasteiger partial charge is 0.331 e. The molecule has 0 saturated carbocycles. The van der Waals surface area contributed by atoms with Gasteiger partial charge in [0.05, 0.1) is 16.4 Å². The number of carbonyl (C=O) groups is 3. The highest BCUT2D eigenvalue weighted by molar-refractivity contribution is 6.03. The number of carbonyl (C=O) groups excluding carboxylic acids is 3. The summed E-state index contributed by atoms with van der Waals surface area (Å²) in [5.74, 6) is -0.751. The van der Waals surface area contributed by atoms with Crippen molar-refractivity contribution in [2.75, 3.05) is 5.32 Å². The van der Waals surface area contributed by atoms with Crippen LogP contribution in [0.25, 0.3) is 21.8 Å². The number of rotatable bonds is 5. The zero-order chi connectivity index (χ0) is 24.6. The van der Waals surface area contributed by atoms with Gasteiger partial charge < -0.3 is 9.88 Å². The molecule has 35 heavy (non-hydrogen) atoms. The number of imide groups is 1. The fourth-order valence-corrected chi connectivity index (χ4v) is 5.03. The lowest BCUT2D eigenvalue weighted by atomic mass is 9.72. The van der Waals surface area contributed by atoms with E-state index in [9.17, 15) is 19.2 Å². The van der Waals surface area contributed by atoms with Crippen LogP contribution in [0.15, 0.2) is 77.6 Å². The average molecular weight is 468 g/mol. The minimum Gasteiger partial charge on any atom is -0.331 e. The first-order valence-electron chi connectivity index (χ1n) is 11.7. The van der Waals surface area contributed by atoms with Crippen LogP contribution in [0.5, 0.6) is 0 Å². The molecule has 3 aromatic carbocycles. The van der Waals surface area contributed by atoms with Crippen molar-refractivity contribution in [2.45, 2.75) is 38.1 Å². The summed E-state index contributed by atoms with van der Waals surface area (Å²) in [6.07, 6.45) is 1.34. The van der Waals surface area contributed by atoms with E-state index in [4.69, 9.17) is 0 Å². The minimum atomic E-state index is -0.746. The van der Waals surface area contributed by atoms with E-state index in [0.717, 1.165) is 5.56 Å². The highest BCUT2D eigenvalue weighted by atomic mass is 16.2. The predicted molar refractivity (Wildman–Crippen MR) is 135 cm³/mol. The fourth-order valence-electron chi connectivity index (χ4n) is 5.03. The molecule has 176 valence electrons. The molecule has 4 aromatic rings. The van der Waals surface area contributed by atoms with Crippen LogP contribution >= 0.6 is 0 Å². The van der Waals surface area contributed by atoms with Gasteiger partial charge in [-0.25, -0.2) is 0 Å².